The highest BCUT2D eigenvalue weighted by Gasteiger charge is 2.30. The van der Waals surface area contributed by atoms with E-state index in [1.807, 2.05) is 0 Å². The van der Waals surface area contributed by atoms with Crippen LogP contribution in [0.1, 0.15) is 5.56 Å². The number of aromatic nitrogens is 2. The van der Waals surface area contributed by atoms with Crippen LogP contribution in [0.25, 0.3) is 0 Å². The van der Waals surface area contributed by atoms with E-state index in [1.165, 1.54) is 0 Å². The Balaban J connectivity index is 1.96. The third kappa shape index (κ3) is 4.49. The number of nitrogens with zero attached hydrogens (tertiary/aromatic N) is 2. The van der Waals surface area contributed by atoms with Gasteiger partial charge >= 0.3 is 6.18 Å². The Hall–Kier alpha value is -1.52. The van der Waals surface area contributed by atoms with Gasteiger partial charge in [-0.25, -0.2) is 0 Å². The van der Waals surface area contributed by atoms with Crippen molar-refractivity contribution >= 4 is 51.4 Å². The van der Waals surface area contributed by atoms with Gasteiger partial charge < -0.3 is 11.1 Å². The summed E-state index contributed by atoms with van der Waals surface area (Å²) < 4.78 is 38.0. The number of thioether (sulfide) groups is 1. The fourth-order valence-corrected chi connectivity index (χ4v) is 3.05. The number of carbonyl (C=O) groups excluding carboxylic acids is 1. The molecular formula is C11H8ClF3N4OS2. The molecule has 0 aliphatic heterocycles. The van der Waals surface area contributed by atoms with E-state index in [4.69, 9.17) is 17.3 Å². The van der Waals surface area contributed by atoms with Gasteiger partial charge in [0.05, 0.1) is 22.0 Å². The topological polar surface area (TPSA) is 80.9 Å². The maximum atomic E-state index is 12.5. The van der Waals surface area contributed by atoms with Crippen molar-refractivity contribution in [1.82, 2.24) is 10.2 Å². The van der Waals surface area contributed by atoms with Gasteiger partial charge in [-0.15, -0.1) is 10.2 Å². The van der Waals surface area contributed by atoms with Crippen LogP contribution < -0.4 is 11.1 Å². The molecule has 1 heterocycles. The number of amides is 1. The number of alkyl halides is 3. The fourth-order valence-electron chi connectivity index (χ4n) is 1.39. The molecule has 0 spiro atoms. The van der Waals surface area contributed by atoms with Crippen LogP contribution in [0.15, 0.2) is 22.5 Å². The summed E-state index contributed by atoms with van der Waals surface area (Å²) in [4.78, 5) is 11.7. The highest BCUT2D eigenvalue weighted by Crippen LogP contribution is 2.33. The molecule has 1 amide bonds. The highest BCUT2D eigenvalue weighted by atomic mass is 35.5. The number of hydrogen-bond acceptors (Lipinski definition) is 6. The second-order valence-electron chi connectivity index (χ2n) is 3.94. The third-order valence-corrected chi connectivity index (χ3v) is 4.52. The lowest BCUT2D eigenvalue weighted by Gasteiger charge is -2.10. The summed E-state index contributed by atoms with van der Waals surface area (Å²) in [6.07, 6.45) is -4.49. The lowest BCUT2D eigenvalue weighted by Crippen LogP contribution is -2.14. The van der Waals surface area contributed by atoms with Gasteiger partial charge in [-0.05, 0) is 18.2 Å². The second kappa shape index (κ2) is 6.71. The summed E-state index contributed by atoms with van der Waals surface area (Å²) in [6.45, 7) is 0. The molecule has 0 aliphatic rings. The van der Waals surface area contributed by atoms with Gasteiger partial charge in [-0.1, -0.05) is 34.7 Å². The van der Waals surface area contributed by atoms with Crippen LogP contribution in [0, 0.1) is 0 Å². The predicted molar refractivity (Wildman–Crippen MR) is 80.1 cm³/mol. The zero-order chi connectivity index (χ0) is 16.3. The van der Waals surface area contributed by atoms with E-state index in [1.54, 1.807) is 0 Å². The maximum Gasteiger partial charge on any atom is 0.416 e. The minimum atomic E-state index is -4.49. The van der Waals surface area contributed by atoms with E-state index in [9.17, 15) is 18.0 Å². The highest BCUT2D eigenvalue weighted by molar-refractivity contribution is 8.01. The van der Waals surface area contributed by atoms with Gasteiger partial charge in [-0.3, -0.25) is 4.79 Å². The van der Waals surface area contributed by atoms with Crippen molar-refractivity contribution < 1.29 is 18.0 Å². The summed E-state index contributed by atoms with van der Waals surface area (Å²) in [5.74, 6) is -0.424. The Morgan fingerprint density at radius 1 is 1.41 bits per heavy atom. The first-order chi connectivity index (χ1) is 10.3. The molecule has 22 heavy (non-hydrogen) atoms. The molecule has 5 nitrogen and oxygen atoms in total. The third-order valence-electron chi connectivity index (χ3n) is 2.32. The molecule has 0 saturated carbocycles. The van der Waals surface area contributed by atoms with Gasteiger partial charge in [0.2, 0.25) is 11.0 Å². The number of nitrogens with one attached hydrogen (secondary N) is 1. The molecule has 0 bridgehead atoms. The van der Waals surface area contributed by atoms with Crippen LogP contribution in [-0.4, -0.2) is 21.9 Å². The summed E-state index contributed by atoms with van der Waals surface area (Å²) in [5, 5.41) is 9.85. The number of halogens is 4. The molecule has 0 saturated heterocycles. The minimum Gasteiger partial charge on any atom is -0.374 e. The lowest BCUT2D eigenvalue weighted by molar-refractivity contribution is -0.137. The monoisotopic (exact) mass is 368 g/mol. The zero-order valence-corrected chi connectivity index (χ0v) is 13.0. The van der Waals surface area contributed by atoms with Gasteiger partial charge in [0.25, 0.3) is 0 Å². The average Bonchev–Trinajstić information content (AvgIpc) is 2.83. The summed E-state index contributed by atoms with van der Waals surface area (Å²) in [7, 11) is 0. The standard InChI is InChI=1S/C11H8ClF3N4OS2/c12-6-3-5(11(13,14)15)1-2-7(6)17-8(20)4-21-10-19-18-9(16)22-10/h1-3H,4H2,(H2,16,18)(H,17,20). The molecule has 0 fully saturated rings. The fraction of sp³-hybridized carbons (Fsp3) is 0.182. The van der Waals surface area contributed by atoms with Crippen LogP contribution in [-0.2, 0) is 11.0 Å². The number of nitrogen functional groups attached to an aromatic ring is 1. The normalized spacial score (nSPS) is 11.5. The molecule has 2 aromatic rings. The summed E-state index contributed by atoms with van der Waals surface area (Å²) in [5.41, 5.74) is 4.63. The summed E-state index contributed by atoms with van der Waals surface area (Å²) >= 11 is 7.98. The number of benzene rings is 1. The molecule has 1 aromatic carbocycles. The molecule has 0 aliphatic carbocycles. The largest absolute Gasteiger partial charge is 0.416 e. The van der Waals surface area contributed by atoms with E-state index >= 15 is 0 Å². The number of hydrogen-bond donors (Lipinski definition) is 2. The number of carbonyl (C=O) groups is 1. The molecule has 0 atom stereocenters. The SMILES string of the molecule is Nc1nnc(SCC(=O)Nc2ccc(C(F)(F)F)cc2Cl)s1. The van der Waals surface area contributed by atoms with Crippen molar-refractivity contribution in [1.29, 1.82) is 0 Å². The Kier molecular flexibility index (Phi) is 5.14. The van der Waals surface area contributed by atoms with Crippen molar-refractivity contribution in [3.05, 3.63) is 28.8 Å². The summed E-state index contributed by atoms with van der Waals surface area (Å²) in [6, 6.07) is 2.71. The van der Waals surface area contributed by atoms with Crippen LogP contribution in [0.4, 0.5) is 24.0 Å². The number of rotatable bonds is 4. The Morgan fingerprint density at radius 2 is 2.14 bits per heavy atom. The Bertz CT molecular complexity index is 692. The van der Waals surface area contributed by atoms with Crippen LogP contribution in [0.5, 0.6) is 0 Å². The van der Waals surface area contributed by atoms with Gasteiger partial charge in [-0.2, -0.15) is 13.2 Å². The molecular weight excluding hydrogens is 361 g/mol. The maximum absolute atomic E-state index is 12.5. The Morgan fingerprint density at radius 3 is 2.68 bits per heavy atom. The van der Waals surface area contributed by atoms with Crippen LogP contribution in [0.3, 0.4) is 0 Å². The minimum absolute atomic E-state index is 0.00594. The molecule has 2 rings (SSSR count). The van der Waals surface area contributed by atoms with Gasteiger partial charge in [0.15, 0.2) is 4.34 Å². The first-order valence-corrected chi connectivity index (χ1v) is 7.82. The molecule has 1 aromatic heterocycles. The smallest absolute Gasteiger partial charge is 0.374 e. The van der Waals surface area contributed by atoms with Crippen molar-refractivity contribution in [3.63, 3.8) is 0 Å². The van der Waals surface area contributed by atoms with Crippen molar-refractivity contribution in [3.8, 4) is 0 Å². The molecule has 0 radical (unpaired) electrons. The number of nitrogens with two attached hydrogens (primary N) is 1. The Labute approximate surface area is 136 Å². The van der Waals surface area contributed by atoms with E-state index in [0.717, 1.165) is 41.3 Å². The number of anilines is 2. The van der Waals surface area contributed by atoms with E-state index in [0.29, 0.717) is 4.34 Å². The van der Waals surface area contributed by atoms with Crippen molar-refractivity contribution in [2.75, 3.05) is 16.8 Å². The van der Waals surface area contributed by atoms with E-state index < -0.39 is 17.6 Å². The molecule has 0 unspecified atom stereocenters. The molecule has 11 heteroatoms. The predicted octanol–water partition coefficient (Wildman–Crippen LogP) is 3.52. The molecule has 3 N–H and O–H groups in total. The quantitative estimate of drug-likeness (QED) is 0.807. The lowest BCUT2D eigenvalue weighted by atomic mass is 10.2. The van der Waals surface area contributed by atoms with Crippen molar-refractivity contribution in [2.45, 2.75) is 10.5 Å². The van der Waals surface area contributed by atoms with E-state index in [2.05, 4.69) is 15.5 Å². The van der Waals surface area contributed by atoms with Gasteiger partial charge in [0, 0.05) is 0 Å². The zero-order valence-electron chi connectivity index (χ0n) is 10.6. The van der Waals surface area contributed by atoms with Crippen molar-refractivity contribution in [2.24, 2.45) is 0 Å². The second-order valence-corrected chi connectivity index (χ2v) is 6.57. The average molecular weight is 369 g/mol. The molecule has 118 valence electrons. The van der Waals surface area contributed by atoms with Crippen LogP contribution in [0.2, 0.25) is 5.02 Å². The van der Waals surface area contributed by atoms with Gasteiger partial charge in [0.1, 0.15) is 0 Å². The first-order valence-electron chi connectivity index (χ1n) is 5.64. The van der Waals surface area contributed by atoms with E-state index in [-0.39, 0.29) is 21.6 Å². The first kappa shape index (κ1) is 16.8. The van der Waals surface area contributed by atoms with Crippen LogP contribution >= 0.6 is 34.7 Å².